The van der Waals surface area contributed by atoms with Gasteiger partial charge in [-0.15, -0.1) is 0 Å². The number of imide groups is 1. The van der Waals surface area contributed by atoms with Crippen molar-refractivity contribution in [2.24, 2.45) is 5.92 Å². The van der Waals surface area contributed by atoms with Gasteiger partial charge in [-0.1, -0.05) is 0 Å². The predicted octanol–water partition coefficient (Wildman–Crippen LogP) is 6.92. The number of fused-ring (bicyclic) bond motifs is 1. The number of carbonyl (C=O) groups is 2. The van der Waals surface area contributed by atoms with Gasteiger partial charge in [0.05, 0.1) is 45.7 Å². The van der Waals surface area contributed by atoms with Gasteiger partial charge in [0.1, 0.15) is 36.1 Å². The second-order valence-corrected chi connectivity index (χ2v) is 23.3. The first-order valence-electron chi connectivity index (χ1n) is 24.1. The monoisotopic (exact) mass is 1010 g/mol. The van der Waals surface area contributed by atoms with E-state index in [1.807, 2.05) is 24.4 Å². The summed E-state index contributed by atoms with van der Waals surface area (Å²) in [4.78, 5) is 57.1. The lowest BCUT2D eigenvalue weighted by molar-refractivity contribution is -0.133. The van der Waals surface area contributed by atoms with Crippen molar-refractivity contribution in [1.82, 2.24) is 40.0 Å². The highest BCUT2D eigenvalue weighted by Gasteiger charge is 2.34. The van der Waals surface area contributed by atoms with Crippen LogP contribution in [-0.2, 0) is 14.2 Å². The Kier molecular flexibility index (Phi) is 13.6. The van der Waals surface area contributed by atoms with Gasteiger partial charge in [0, 0.05) is 102 Å². The first kappa shape index (κ1) is 46.3. The molecule has 4 saturated heterocycles. The Hall–Kier alpha value is -5.42. The van der Waals surface area contributed by atoms with Crippen LogP contribution >= 0.6 is 23.1 Å². The van der Waals surface area contributed by atoms with Crippen molar-refractivity contribution >= 4 is 91.6 Å². The van der Waals surface area contributed by atoms with Crippen LogP contribution in [0.3, 0.4) is 0 Å². The average Bonchev–Trinajstić information content (AvgIpc) is 4.20. The molecule has 5 aromatic rings. The number of piperidine rings is 3. The average molecular weight is 1010 g/mol. The Morgan fingerprint density at radius 2 is 1.57 bits per heavy atom. The molecule has 0 spiro atoms. The molecule has 1 saturated carbocycles. The zero-order chi connectivity index (χ0) is 46.9. The topological polar surface area (TPSA) is 186 Å². The number of nitrogens with one attached hydrogen (secondary N) is 4. The summed E-state index contributed by atoms with van der Waals surface area (Å²) in [5.74, 6) is 3.06. The molecule has 19 heteroatoms. The lowest BCUT2D eigenvalue weighted by atomic mass is 9.95. The van der Waals surface area contributed by atoms with Crippen LogP contribution in [0.2, 0.25) is 0 Å². The van der Waals surface area contributed by atoms with Gasteiger partial charge < -0.3 is 40.0 Å². The number of benzene rings is 2. The summed E-state index contributed by atoms with van der Waals surface area (Å²) in [5.41, 5.74) is 6.51. The van der Waals surface area contributed by atoms with Crippen molar-refractivity contribution in [2.75, 3.05) is 105 Å². The minimum atomic E-state index is -2.77. The van der Waals surface area contributed by atoms with Crippen LogP contribution in [0.5, 0.6) is 5.75 Å². The summed E-state index contributed by atoms with van der Waals surface area (Å²) in [6.45, 7) is 13.2. The molecule has 2 aromatic carbocycles. The summed E-state index contributed by atoms with van der Waals surface area (Å²) in [5, 5.41) is 13.1. The first-order chi connectivity index (χ1) is 32.9. The molecule has 0 radical (unpaired) electrons. The van der Waals surface area contributed by atoms with Crippen LogP contribution < -0.4 is 41.1 Å². The van der Waals surface area contributed by atoms with E-state index >= 15 is 0 Å². The molecule has 17 nitrogen and oxygen atoms in total. The third-order valence-electron chi connectivity index (χ3n) is 14.3. The highest BCUT2D eigenvalue weighted by atomic mass is 79.9. The van der Waals surface area contributed by atoms with E-state index in [9.17, 15) is 14.2 Å². The number of aromatic nitrogens is 5. The minimum absolute atomic E-state index is 0.216. The number of ether oxygens (including phenoxy) is 1. The highest BCUT2D eigenvalue weighted by molar-refractivity contribution is 9.10. The van der Waals surface area contributed by atoms with E-state index in [1.54, 1.807) is 39.0 Å². The molecular formula is C49H61BrN13O4P. The van der Waals surface area contributed by atoms with E-state index in [2.05, 4.69) is 94.9 Å². The molecule has 358 valence electrons. The summed E-state index contributed by atoms with van der Waals surface area (Å²) in [7, 11) is -1.05. The number of hydrogen-bond donors (Lipinski definition) is 4. The number of anilines is 7. The largest absolute Gasteiger partial charge is 0.494 e. The Morgan fingerprint density at radius 3 is 2.28 bits per heavy atom. The second kappa shape index (κ2) is 19.9. The Morgan fingerprint density at radius 1 is 0.809 bits per heavy atom. The van der Waals surface area contributed by atoms with Crippen molar-refractivity contribution in [1.29, 1.82) is 0 Å². The van der Waals surface area contributed by atoms with Crippen molar-refractivity contribution in [3.63, 3.8) is 0 Å². The smallest absolute Gasteiger partial charge is 0.249 e. The zero-order valence-corrected chi connectivity index (χ0v) is 41.6. The van der Waals surface area contributed by atoms with Crippen LogP contribution in [0.1, 0.15) is 62.8 Å². The molecular weight excluding hydrogens is 946 g/mol. The second-order valence-electron chi connectivity index (χ2n) is 19.3. The van der Waals surface area contributed by atoms with Gasteiger partial charge in [-0.2, -0.15) is 4.98 Å². The fourth-order valence-corrected chi connectivity index (χ4v) is 12.2. The fourth-order valence-electron chi connectivity index (χ4n) is 10.5. The maximum absolute atomic E-state index is 13.6. The van der Waals surface area contributed by atoms with Gasteiger partial charge in [0.15, 0.2) is 0 Å². The van der Waals surface area contributed by atoms with Gasteiger partial charge in [-0.3, -0.25) is 29.8 Å². The lowest BCUT2D eigenvalue weighted by Crippen LogP contribution is -2.54. The third-order valence-corrected chi connectivity index (χ3v) is 16.4. The number of amides is 2. The van der Waals surface area contributed by atoms with Crippen molar-refractivity contribution in [3.8, 4) is 5.75 Å². The molecule has 5 fully saturated rings. The number of nitrogens with zero attached hydrogens (tertiary/aromatic N) is 9. The van der Waals surface area contributed by atoms with Crippen LogP contribution in [0.25, 0.3) is 11.0 Å². The number of methoxy groups -OCH3 is 1. The number of hydrogen-bond acceptors (Lipinski definition) is 16. The van der Waals surface area contributed by atoms with Gasteiger partial charge in [0.25, 0.3) is 0 Å². The van der Waals surface area contributed by atoms with E-state index in [1.165, 1.54) is 43.5 Å². The number of halogens is 1. The predicted molar refractivity (Wildman–Crippen MR) is 272 cm³/mol. The Bertz CT molecular complexity index is 2700. The summed E-state index contributed by atoms with van der Waals surface area (Å²) in [6.07, 6.45) is 14.7. The van der Waals surface area contributed by atoms with Gasteiger partial charge in [0.2, 0.25) is 17.8 Å². The summed E-state index contributed by atoms with van der Waals surface area (Å²) >= 11 is 3.63. The number of pyridine rings is 1. The van der Waals surface area contributed by atoms with Crippen LogP contribution in [-0.4, -0.2) is 138 Å². The maximum Gasteiger partial charge on any atom is 0.249 e. The normalized spacial score (nSPS) is 20.4. The maximum atomic E-state index is 13.6. The number of carbonyl (C=O) groups excluding carboxylic acids is 2. The van der Waals surface area contributed by atoms with Crippen molar-refractivity contribution in [2.45, 2.75) is 69.4 Å². The van der Waals surface area contributed by atoms with Crippen molar-refractivity contribution < 1.29 is 18.9 Å². The van der Waals surface area contributed by atoms with E-state index < -0.39 is 13.2 Å². The number of piperazine rings is 1. The molecule has 5 aliphatic rings. The van der Waals surface area contributed by atoms with Crippen LogP contribution in [0.15, 0.2) is 65.7 Å². The molecule has 7 heterocycles. The van der Waals surface area contributed by atoms with Gasteiger partial charge in [-0.05, 0) is 122 Å². The molecule has 0 bridgehead atoms. The Balaban J connectivity index is 0.714. The first-order valence-corrected chi connectivity index (χ1v) is 27.5. The Labute approximate surface area is 406 Å². The quantitative estimate of drug-likeness (QED) is 0.0663. The van der Waals surface area contributed by atoms with E-state index in [4.69, 9.17) is 9.72 Å². The molecule has 2 amide bonds. The highest BCUT2D eigenvalue weighted by Crippen LogP contribution is 2.49. The molecule has 68 heavy (non-hydrogen) atoms. The lowest BCUT2D eigenvalue weighted by Gasteiger charge is -2.44. The molecule has 1 aliphatic carbocycles. The van der Waals surface area contributed by atoms with Crippen molar-refractivity contribution in [3.05, 3.63) is 71.2 Å². The fraction of sp³-hybridized carbons (Fsp3) is 0.490. The van der Waals surface area contributed by atoms with E-state index in [0.29, 0.717) is 74.8 Å². The van der Waals surface area contributed by atoms with E-state index in [-0.39, 0.29) is 11.8 Å². The molecule has 3 aromatic heterocycles. The molecule has 10 rings (SSSR count). The number of rotatable bonds is 14. The van der Waals surface area contributed by atoms with Crippen LogP contribution in [0.4, 0.5) is 40.3 Å². The molecule has 4 aliphatic heterocycles. The van der Waals surface area contributed by atoms with E-state index in [0.717, 1.165) is 82.3 Å². The summed E-state index contributed by atoms with van der Waals surface area (Å²) < 4.78 is 20.3. The minimum Gasteiger partial charge on any atom is -0.494 e. The van der Waals surface area contributed by atoms with Gasteiger partial charge in [-0.25, -0.2) is 9.97 Å². The third kappa shape index (κ3) is 10.4. The van der Waals surface area contributed by atoms with Crippen LogP contribution in [0, 0.1) is 5.92 Å². The zero-order valence-electron chi connectivity index (χ0n) is 39.1. The molecule has 1 unspecified atom stereocenters. The standard InChI is InChI=1S/C49H61BrN13O4P/c1-67-42-27-41(35(32-4-5-32)26-40(42)57-49-54-29-36(50)47(59-49)56-38-8-7-37-45(52-17-16-51-37)46(38)68(2,3)66)63-20-14-33(15-21-63)62-24-22-60(23-25-62)30-31-12-18-61(19-13-31)34-6-10-43(53-28-34)55-39-9-11-44(64)58-48(39)65/h6-8,10,16-17,26-29,31-33,39H,4-5,9,11-15,18-25,30H2,1-3H3,(H,53,55)(H,58,64,65)(H2,54,56,57,59). The summed E-state index contributed by atoms with van der Waals surface area (Å²) in [6, 6.07) is 12.4. The SMILES string of the molecule is COc1cc(N2CCC(N3CCN(CC4CCN(c5ccc(NC6CCC(=O)NC6=O)nc5)CC4)CC3)CC2)c(C2CC2)cc1Nc1ncc(Br)c(Nc2ccc3nccnc3c2P(C)(C)=O)n1. The molecule has 4 N–H and O–H groups in total. The van der Waals surface area contributed by atoms with Gasteiger partial charge >= 0.3 is 0 Å². The molecule has 1 atom stereocenters.